The maximum absolute atomic E-state index is 12.1. The number of aliphatic carboxylic acids is 1. The van der Waals surface area contributed by atoms with Gasteiger partial charge in [-0.1, -0.05) is 13.3 Å². The van der Waals surface area contributed by atoms with Crippen LogP contribution in [0.25, 0.3) is 0 Å². The maximum Gasteiger partial charge on any atom is 0.451 e. The highest BCUT2D eigenvalue weighted by Crippen LogP contribution is 2.30. The Morgan fingerprint density at radius 2 is 2.10 bits per heavy atom. The van der Waals surface area contributed by atoms with Crippen LogP contribution in [0.5, 0.6) is 0 Å². The number of amides is 1. The van der Waals surface area contributed by atoms with Crippen LogP contribution in [0.2, 0.25) is 6.32 Å². The van der Waals surface area contributed by atoms with E-state index in [1.54, 1.807) is 6.92 Å². The van der Waals surface area contributed by atoms with Crippen LogP contribution in [0.4, 0.5) is 0 Å². The standard InChI is InChI=1S/C12H24BN3O5/c1-2-9(14)10(17)16-6-8(4-3-5-13(20)21)12(15,7-16)11(18)19/h8-9,20-21H,2-7,14-15H2,1H3,(H,18,19)/t8-,9-,12-/m0/s1. The third-order valence-corrected chi connectivity index (χ3v) is 4.10. The molecule has 0 saturated carbocycles. The molecule has 3 atom stereocenters. The first-order valence-corrected chi connectivity index (χ1v) is 7.15. The lowest BCUT2D eigenvalue weighted by atomic mass is 9.78. The highest BCUT2D eigenvalue weighted by molar-refractivity contribution is 6.40. The van der Waals surface area contributed by atoms with Crippen molar-refractivity contribution < 1.29 is 24.7 Å². The molecule has 120 valence electrons. The first-order valence-electron chi connectivity index (χ1n) is 7.15. The number of likely N-dealkylation sites (tertiary alicyclic amines) is 1. The van der Waals surface area contributed by atoms with E-state index in [9.17, 15) is 14.7 Å². The molecule has 1 heterocycles. The summed E-state index contributed by atoms with van der Waals surface area (Å²) in [7, 11) is -1.42. The first kappa shape index (κ1) is 17.9. The number of nitrogens with two attached hydrogens (primary N) is 2. The zero-order valence-corrected chi connectivity index (χ0v) is 12.2. The number of hydrogen-bond donors (Lipinski definition) is 5. The van der Waals surface area contributed by atoms with E-state index in [0.29, 0.717) is 19.3 Å². The number of nitrogens with zero attached hydrogens (tertiary/aromatic N) is 1. The van der Waals surface area contributed by atoms with Crippen LogP contribution in [0.15, 0.2) is 0 Å². The molecule has 21 heavy (non-hydrogen) atoms. The SMILES string of the molecule is CC[C@H](N)C(=O)N1C[C@H](CCCB(O)O)[C@](N)(C(=O)O)C1. The van der Waals surface area contributed by atoms with Gasteiger partial charge in [0.15, 0.2) is 0 Å². The molecule has 0 radical (unpaired) electrons. The van der Waals surface area contributed by atoms with Crippen molar-refractivity contribution in [3.05, 3.63) is 0 Å². The highest BCUT2D eigenvalue weighted by atomic mass is 16.4. The Balaban J connectivity index is 2.76. The molecule has 7 N–H and O–H groups in total. The average Bonchev–Trinajstić information content (AvgIpc) is 2.75. The van der Waals surface area contributed by atoms with E-state index in [1.807, 2.05) is 0 Å². The summed E-state index contributed by atoms with van der Waals surface area (Å²) in [6.07, 6.45) is 1.46. The van der Waals surface area contributed by atoms with E-state index in [-0.39, 0.29) is 25.3 Å². The van der Waals surface area contributed by atoms with Crippen molar-refractivity contribution in [2.24, 2.45) is 17.4 Å². The highest BCUT2D eigenvalue weighted by Gasteiger charge is 2.50. The second-order valence-electron chi connectivity index (χ2n) is 5.69. The van der Waals surface area contributed by atoms with Crippen molar-refractivity contribution in [1.29, 1.82) is 0 Å². The molecule has 9 heteroatoms. The lowest BCUT2D eigenvalue weighted by Gasteiger charge is -2.25. The summed E-state index contributed by atoms with van der Waals surface area (Å²) < 4.78 is 0. The maximum atomic E-state index is 12.1. The summed E-state index contributed by atoms with van der Waals surface area (Å²) in [4.78, 5) is 24.9. The summed E-state index contributed by atoms with van der Waals surface area (Å²) in [5, 5.41) is 27.0. The molecule has 0 bridgehead atoms. The molecule has 1 amide bonds. The molecule has 0 aromatic rings. The van der Waals surface area contributed by atoms with E-state index in [4.69, 9.17) is 21.5 Å². The molecule has 1 rings (SSSR count). The van der Waals surface area contributed by atoms with E-state index >= 15 is 0 Å². The molecule has 8 nitrogen and oxygen atoms in total. The second kappa shape index (κ2) is 7.21. The minimum Gasteiger partial charge on any atom is -0.480 e. The smallest absolute Gasteiger partial charge is 0.451 e. The number of carbonyl (C=O) groups is 2. The molecule has 1 saturated heterocycles. The predicted molar refractivity (Wildman–Crippen MR) is 77.1 cm³/mol. The second-order valence-corrected chi connectivity index (χ2v) is 5.69. The molecule has 1 aliphatic rings. The fourth-order valence-corrected chi connectivity index (χ4v) is 2.65. The molecule has 0 unspecified atom stereocenters. The van der Waals surface area contributed by atoms with Crippen LogP contribution in [0.1, 0.15) is 26.2 Å². The topological polar surface area (TPSA) is 150 Å². The first-order chi connectivity index (χ1) is 9.72. The van der Waals surface area contributed by atoms with Gasteiger partial charge in [-0.15, -0.1) is 0 Å². The van der Waals surface area contributed by atoms with Gasteiger partial charge in [-0.25, -0.2) is 0 Å². The van der Waals surface area contributed by atoms with E-state index in [1.165, 1.54) is 4.90 Å². The van der Waals surface area contributed by atoms with Crippen molar-refractivity contribution in [3.63, 3.8) is 0 Å². The Morgan fingerprint density at radius 1 is 1.48 bits per heavy atom. The molecule has 1 aliphatic heterocycles. The molecule has 0 aromatic heterocycles. The summed E-state index contributed by atoms with van der Waals surface area (Å²) >= 11 is 0. The van der Waals surface area contributed by atoms with Crippen LogP contribution in [0, 0.1) is 5.92 Å². The Labute approximate surface area is 124 Å². The fraction of sp³-hybridized carbons (Fsp3) is 0.833. The molecular weight excluding hydrogens is 277 g/mol. The van der Waals surface area contributed by atoms with Gasteiger partial charge < -0.3 is 31.5 Å². The minimum atomic E-state index is -1.51. The Hall–Kier alpha value is -1.16. The van der Waals surface area contributed by atoms with Gasteiger partial charge in [0, 0.05) is 19.0 Å². The van der Waals surface area contributed by atoms with Gasteiger partial charge in [0.25, 0.3) is 0 Å². The third kappa shape index (κ3) is 4.16. The zero-order valence-electron chi connectivity index (χ0n) is 12.2. The summed E-state index contributed by atoms with van der Waals surface area (Å²) in [5.41, 5.74) is 10.2. The van der Waals surface area contributed by atoms with Gasteiger partial charge in [0.05, 0.1) is 6.04 Å². The predicted octanol–water partition coefficient (Wildman–Crippen LogP) is -1.78. The van der Waals surface area contributed by atoms with Crippen molar-refractivity contribution in [2.45, 2.75) is 44.1 Å². The normalized spacial score (nSPS) is 26.7. The van der Waals surface area contributed by atoms with Gasteiger partial charge in [0.1, 0.15) is 5.54 Å². The summed E-state index contributed by atoms with van der Waals surface area (Å²) in [5.74, 6) is -1.88. The molecule has 0 aliphatic carbocycles. The third-order valence-electron chi connectivity index (χ3n) is 4.10. The number of hydrogen-bond acceptors (Lipinski definition) is 6. The van der Waals surface area contributed by atoms with Crippen LogP contribution in [-0.2, 0) is 9.59 Å². The molecule has 0 aromatic carbocycles. The van der Waals surface area contributed by atoms with Gasteiger partial charge in [-0.3, -0.25) is 9.59 Å². The molecular formula is C12H24BN3O5. The summed E-state index contributed by atoms with van der Waals surface area (Å²) in [6.45, 7) is 1.95. The summed E-state index contributed by atoms with van der Waals surface area (Å²) in [6, 6.07) is -0.652. The number of rotatable bonds is 7. The van der Waals surface area contributed by atoms with Crippen molar-refractivity contribution >= 4 is 19.0 Å². The quantitative estimate of drug-likeness (QED) is 0.349. The number of carbonyl (C=O) groups excluding carboxylic acids is 1. The van der Waals surface area contributed by atoms with Gasteiger partial charge in [-0.2, -0.15) is 0 Å². The van der Waals surface area contributed by atoms with Gasteiger partial charge >= 0.3 is 13.1 Å². The van der Waals surface area contributed by atoms with Crippen molar-refractivity contribution in [3.8, 4) is 0 Å². The van der Waals surface area contributed by atoms with Crippen LogP contribution in [-0.4, -0.2) is 63.7 Å². The average molecular weight is 301 g/mol. The number of carboxylic acid groups (broad SMARTS) is 1. The molecule has 0 spiro atoms. The largest absolute Gasteiger partial charge is 0.480 e. The zero-order chi connectivity index (χ0) is 16.2. The lowest BCUT2D eigenvalue weighted by molar-refractivity contribution is -0.144. The van der Waals surface area contributed by atoms with Gasteiger partial charge in [0.2, 0.25) is 5.91 Å². The van der Waals surface area contributed by atoms with E-state index in [2.05, 4.69) is 0 Å². The van der Waals surface area contributed by atoms with Crippen LogP contribution >= 0.6 is 0 Å². The Morgan fingerprint density at radius 3 is 2.57 bits per heavy atom. The van der Waals surface area contributed by atoms with Gasteiger partial charge in [-0.05, 0) is 19.2 Å². The van der Waals surface area contributed by atoms with Crippen molar-refractivity contribution in [1.82, 2.24) is 4.90 Å². The van der Waals surface area contributed by atoms with Crippen molar-refractivity contribution in [2.75, 3.05) is 13.1 Å². The lowest BCUT2D eigenvalue weighted by Crippen LogP contribution is -2.55. The van der Waals surface area contributed by atoms with Crippen LogP contribution < -0.4 is 11.5 Å². The fourth-order valence-electron chi connectivity index (χ4n) is 2.65. The molecule has 1 fully saturated rings. The Bertz CT molecular complexity index is 395. The van der Waals surface area contributed by atoms with E-state index in [0.717, 1.165) is 0 Å². The van der Waals surface area contributed by atoms with E-state index < -0.39 is 30.6 Å². The number of carboxylic acids is 1. The Kier molecular flexibility index (Phi) is 6.15. The van der Waals surface area contributed by atoms with Crippen LogP contribution in [0.3, 0.4) is 0 Å². The minimum absolute atomic E-state index is 0.0682. The monoisotopic (exact) mass is 301 g/mol.